The van der Waals surface area contributed by atoms with E-state index in [1.807, 2.05) is 24.3 Å². The molecule has 7 nitrogen and oxygen atoms in total. The van der Waals surface area contributed by atoms with Gasteiger partial charge in [-0.2, -0.15) is 5.10 Å². The minimum Gasteiger partial charge on any atom is -0.350 e. The van der Waals surface area contributed by atoms with E-state index in [0.29, 0.717) is 30.0 Å². The van der Waals surface area contributed by atoms with Gasteiger partial charge in [0, 0.05) is 25.4 Å². The molecule has 156 valence electrons. The van der Waals surface area contributed by atoms with Crippen LogP contribution in [0.15, 0.2) is 30.5 Å². The predicted molar refractivity (Wildman–Crippen MR) is 111 cm³/mol. The van der Waals surface area contributed by atoms with Gasteiger partial charge in [0.15, 0.2) is 0 Å². The molecule has 1 fully saturated rings. The molecule has 0 bridgehead atoms. The number of aromatic nitrogens is 3. The summed E-state index contributed by atoms with van der Waals surface area (Å²) in [5.41, 5.74) is 2.33. The Hall–Kier alpha value is -2.70. The Balaban J connectivity index is 1.51. The maximum Gasteiger partial charge on any atom is 0.271 e. The van der Waals surface area contributed by atoms with Gasteiger partial charge in [-0.05, 0) is 61.6 Å². The maximum atomic E-state index is 12.4. The highest BCUT2D eigenvalue weighted by atomic mass is 16.2. The number of rotatable bonds is 7. The Labute approximate surface area is 172 Å². The van der Waals surface area contributed by atoms with Crippen LogP contribution in [0.25, 0.3) is 0 Å². The number of aromatic amines is 1. The lowest BCUT2D eigenvalue weighted by molar-refractivity contribution is -0.120. The third kappa shape index (κ3) is 5.65. The largest absolute Gasteiger partial charge is 0.350 e. The van der Waals surface area contributed by atoms with Gasteiger partial charge >= 0.3 is 0 Å². The molecule has 2 amide bonds. The van der Waals surface area contributed by atoms with E-state index in [4.69, 9.17) is 0 Å². The maximum absolute atomic E-state index is 12.4. The summed E-state index contributed by atoms with van der Waals surface area (Å²) in [7, 11) is 0. The molecule has 1 aliphatic carbocycles. The standard InChI is InChI=1S/C22H31N5O2/c1-14(2)19-12-20(27-26-19)22(29)24-13-16-7-9-17(10-8-16)21(25-15(3)28)18-6-4-5-11-23-18/h4-6,11-12,14,16-17,21H,7-10,13H2,1-3H3,(H,24,29)(H,25,28)(H,26,27)/t16?,17?,21-/m0/s1. The second kappa shape index (κ2) is 9.67. The molecule has 7 heteroatoms. The quantitative estimate of drug-likeness (QED) is 0.667. The summed E-state index contributed by atoms with van der Waals surface area (Å²) in [4.78, 5) is 28.5. The van der Waals surface area contributed by atoms with E-state index in [2.05, 4.69) is 39.7 Å². The molecule has 1 aliphatic rings. The van der Waals surface area contributed by atoms with Crippen molar-refractivity contribution in [1.29, 1.82) is 0 Å². The molecule has 0 aromatic carbocycles. The van der Waals surface area contributed by atoms with E-state index >= 15 is 0 Å². The zero-order valence-corrected chi connectivity index (χ0v) is 17.4. The Morgan fingerprint density at radius 3 is 2.55 bits per heavy atom. The van der Waals surface area contributed by atoms with E-state index in [1.165, 1.54) is 0 Å². The first kappa shape index (κ1) is 21.0. The number of nitrogens with zero attached hydrogens (tertiary/aromatic N) is 2. The first-order chi connectivity index (χ1) is 13.9. The summed E-state index contributed by atoms with van der Waals surface area (Å²) in [6.45, 7) is 6.33. The molecule has 2 aromatic rings. The highest BCUT2D eigenvalue weighted by Crippen LogP contribution is 2.36. The summed E-state index contributed by atoms with van der Waals surface area (Å²) >= 11 is 0. The number of pyridine rings is 1. The number of carbonyl (C=O) groups excluding carboxylic acids is 2. The molecule has 1 atom stereocenters. The van der Waals surface area contributed by atoms with Crippen LogP contribution < -0.4 is 10.6 Å². The molecule has 3 N–H and O–H groups in total. The Kier molecular flexibility index (Phi) is 7.01. The van der Waals surface area contributed by atoms with Crippen LogP contribution in [-0.4, -0.2) is 33.5 Å². The van der Waals surface area contributed by atoms with Crippen LogP contribution in [0.1, 0.15) is 80.3 Å². The van der Waals surface area contributed by atoms with Crippen molar-refractivity contribution in [3.05, 3.63) is 47.5 Å². The van der Waals surface area contributed by atoms with Gasteiger partial charge in [-0.25, -0.2) is 0 Å². The summed E-state index contributed by atoms with van der Waals surface area (Å²) in [5.74, 6) is 0.964. The van der Waals surface area contributed by atoms with Gasteiger partial charge in [0.05, 0.1) is 11.7 Å². The zero-order valence-electron chi connectivity index (χ0n) is 17.4. The third-order valence-electron chi connectivity index (χ3n) is 5.73. The van der Waals surface area contributed by atoms with Crippen LogP contribution in [0, 0.1) is 11.8 Å². The Bertz CT molecular complexity index is 810. The number of hydrogen-bond donors (Lipinski definition) is 3. The van der Waals surface area contributed by atoms with E-state index in [1.54, 1.807) is 13.1 Å². The Morgan fingerprint density at radius 1 is 1.21 bits per heavy atom. The average Bonchev–Trinajstić information content (AvgIpc) is 3.22. The Morgan fingerprint density at radius 2 is 1.97 bits per heavy atom. The fraction of sp³-hybridized carbons (Fsp3) is 0.545. The summed E-state index contributed by atoms with van der Waals surface area (Å²) in [6, 6.07) is 7.59. The average molecular weight is 398 g/mol. The number of H-pyrrole nitrogens is 1. The van der Waals surface area contributed by atoms with E-state index < -0.39 is 0 Å². The summed E-state index contributed by atoms with van der Waals surface area (Å²) in [5, 5.41) is 13.1. The number of nitrogens with one attached hydrogen (secondary N) is 3. The van der Waals surface area contributed by atoms with Crippen LogP contribution >= 0.6 is 0 Å². The lowest BCUT2D eigenvalue weighted by Gasteiger charge is -2.34. The molecule has 1 saturated carbocycles. The molecular formula is C22H31N5O2. The lowest BCUT2D eigenvalue weighted by atomic mass is 9.77. The number of hydrogen-bond acceptors (Lipinski definition) is 4. The molecule has 2 aromatic heterocycles. The molecule has 3 rings (SSSR count). The van der Waals surface area contributed by atoms with E-state index in [0.717, 1.165) is 37.1 Å². The molecule has 0 radical (unpaired) electrons. The SMILES string of the molecule is CC(=O)N[C@H](c1ccccn1)C1CCC(CNC(=O)c2cc(C(C)C)[nH]n2)CC1. The van der Waals surface area contributed by atoms with Crippen LogP contribution in [0.5, 0.6) is 0 Å². The van der Waals surface area contributed by atoms with Crippen LogP contribution in [-0.2, 0) is 4.79 Å². The lowest BCUT2D eigenvalue weighted by Crippen LogP contribution is -2.36. The van der Waals surface area contributed by atoms with Crippen LogP contribution in [0.2, 0.25) is 0 Å². The van der Waals surface area contributed by atoms with Crippen molar-refractivity contribution in [3.8, 4) is 0 Å². The molecule has 0 aliphatic heterocycles. The molecule has 2 heterocycles. The second-order valence-electron chi connectivity index (χ2n) is 8.29. The molecule has 29 heavy (non-hydrogen) atoms. The van der Waals surface area contributed by atoms with Crippen molar-refractivity contribution >= 4 is 11.8 Å². The van der Waals surface area contributed by atoms with E-state index in [-0.39, 0.29) is 17.9 Å². The van der Waals surface area contributed by atoms with Gasteiger partial charge < -0.3 is 10.6 Å². The molecule has 0 unspecified atom stereocenters. The second-order valence-corrected chi connectivity index (χ2v) is 8.29. The van der Waals surface area contributed by atoms with Crippen molar-refractivity contribution in [2.24, 2.45) is 11.8 Å². The normalized spacial score (nSPS) is 20.3. The third-order valence-corrected chi connectivity index (χ3v) is 5.73. The topological polar surface area (TPSA) is 99.8 Å². The van der Waals surface area contributed by atoms with Gasteiger partial charge in [0.1, 0.15) is 5.69 Å². The van der Waals surface area contributed by atoms with Gasteiger partial charge in [-0.3, -0.25) is 19.7 Å². The number of amides is 2. The zero-order chi connectivity index (χ0) is 20.8. The highest BCUT2D eigenvalue weighted by molar-refractivity contribution is 5.92. The molecular weight excluding hydrogens is 366 g/mol. The smallest absolute Gasteiger partial charge is 0.271 e. The van der Waals surface area contributed by atoms with Crippen molar-refractivity contribution in [1.82, 2.24) is 25.8 Å². The van der Waals surface area contributed by atoms with Crippen LogP contribution in [0.4, 0.5) is 0 Å². The van der Waals surface area contributed by atoms with Gasteiger partial charge in [-0.15, -0.1) is 0 Å². The molecule has 0 saturated heterocycles. The van der Waals surface area contributed by atoms with Crippen molar-refractivity contribution in [2.45, 2.75) is 58.4 Å². The van der Waals surface area contributed by atoms with Crippen molar-refractivity contribution < 1.29 is 9.59 Å². The first-order valence-electron chi connectivity index (χ1n) is 10.5. The first-order valence-corrected chi connectivity index (χ1v) is 10.5. The van der Waals surface area contributed by atoms with Gasteiger partial charge in [-0.1, -0.05) is 19.9 Å². The fourth-order valence-corrected chi connectivity index (χ4v) is 4.01. The summed E-state index contributed by atoms with van der Waals surface area (Å²) in [6.07, 6.45) is 5.81. The predicted octanol–water partition coefficient (Wildman–Crippen LogP) is 3.34. The van der Waals surface area contributed by atoms with Crippen molar-refractivity contribution in [2.75, 3.05) is 6.54 Å². The van der Waals surface area contributed by atoms with E-state index in [9.17, 15) is 9.59 Å². The van der Waals surface area contributed by atoms with Gasteiger partial charge in [0.25, 0.3) is 5.91 Å². The number of carbonyl (C=O) groups is 2. The van der Waals surface area contributed by atoms with Crippen LogP contribution in [0.3, 0.4) is 0 Å². The summed E-state index contributed by atoms with van der Waals surface area (Å²) < 4.78 is 0. The minimum absolute atomic E-state index is 0.0326. The molecule has 0 spiro atoms. The monoisotopic (exact) mass is 397 g/mol. The minimum atomic E-state index is -0.125. The highest BCUT2D eigenvalue weighted by Gasteiger charge is 2.30. The van der Waals surface area contributed by atoms with Gasteiger partial charge in [0.2, 0.25) is 5.91 Å². The van der Waals surface area contributed by atoms with Crippen molar-refractivity contribution in [3.63, 3.8) is 0 Å². The fourth-order valence-electron chi connectivity index (χ4n) is 4.01.